The molecule has 1 aliphatic rings. The van der Waals surface area contributed by atoms with Gasteiger partial charge in [0.25, 0.3) is 0 Å². The van der Waals surface area contributed by atoms with Gasteiger partial charge in [0, 0.05) is 26.2 Å². The lowest BCUT2D eigenvalue weighted by Crippen LogP contribution is -2.46. The molecule has 17 heavy (non-hydrogen) atoms. The Kier molecular flexibility index (Phi) is 7.72. The molecule has 1 saturated carbocycles. The molecule has 0 amide bonds. The Balaban J connectivity index is 2.14. The van der Waals surface area contributed by atoms with Crippen LogP contribution in [0.15, 0.2) is 0 Å². The fourth-order valence-electron chi connectivity index (χ4n) is 1.99. The number of methoxy groups -OCH3 is 1. The van der Waals surface area contributed by atoms with Crippen LogP contribution in [0.4, 0.5) is 0 Å². The van der Waals surface area contributed by atoms with Crippen molar-refractivity contribution in [2.24, 2.45) is 0 Å². The first-order valence-electron chi connectivity index (χ1n) is 6.37. The lowest BCUT2D eigenvalue weighted by Gasteiger charge is -2.38. The number of hydrogen-bond donors (Lipinski definition) is 2. The summed E-state index contributed by atoms with van der Waals surface area (Å²) in [5, 5.41) is 18.8. The van der Waals surface area contributed by atoms with Crippen LogP contribution in [0.5, 0.6) is 0 Å². The lowest BCUT2D eigenvalue weighted by atomic mass is 9.91. The Morgan fingerprint density at radius 2 is 2.12 bits per heavy atom. The van der Waals surface area contributed by atoms with E-state index < -0.39 is 6.10 Å². The van der Waals surface area contributed by atoms with E-state index in [1.54, 1.807) is 7.11 Å². The van der Waals surface area contributed by atoms with Crippen molar-refractivity contribution in [2.45, 2.75) is 31.4 Å². The van der Waals surface area contributed by atoms with Crippen LogP contribution in [-0.4, -0.2) is 73.9 Å². The average molecular weight is 247 g/mol. The fraction of sp³-hybridized carbons (Fsp3) is 1.00. The Labute approximate surface area is 103 Å². The van der Waals surface area contributed by atoms with Crippen molar-refractivity contribution in [3.05, 3.63) is 0 Å². The molecular weight excluding hydrogens is 222 g/mol. The third-order valence-electron chi connectivity index (χ3n) is 3.17. The van der Waals surface area contributed by atoms with E-state index in [0.717, 1.165) is 0 Å². The molecule has 1 aliphatic carbocycles. The first-order chi connectivity index (χ1) is 8.27. The zero-order valence-corrected chi connectivity index (χ0v) is 10.7. The van der Waals surface area contributed by atoms with Crippen LogP contribution in [0, 0.1) is 0 Å². The molecule has 0 saturated heterocycles. The van der Waals surface area contributed by atoms with Crippen molar-refractivity contribution in [1.29, 1.82) is 0 Å². The minimum atomic E-state index is -0.487. The molecule has 0 aromatic carbocycles. The van der Waals surface area contributed by atoms with Crippen molar-refractivity contribution < 1.29 is 19.7 Å². The van der Waals surface area contributed by atoms with E-state index in [1.165, 1.54) is 19.3 Å². The second-order valence-corrected chi connectivity index (χ2v) is 4.52. The van der Waals surface area contributed by atoms with Crippen LogP contribution in [-0.2, 0) is 9.47 Å². The predicted octanol–water partition coefficient (Wildman–Crippen LogP) is -0.143. The maximum absolute atomic E-state index is 9.82. The monoisotopic (exact) mass is 247 g/mol. The molecule has 0 aliphatic heterocycles. The normalized spacial score (nSPS) is 18.4. The van der Waals surface area contributed by atoms with Crippen LogP contribution < -0.4 is 0 Å². The molecule has 1 fully saturated rings. The average Bonchev–Trinajstić information content (AvgIpc) is 2.22. The zero-order valence-electron chi connectivity index (χ0n) is 10.7. The van der Waals surface area contributed by atoms with Gasteiger partial charge < -0.3 is 19.7 Å². The van der Waals surface area contributed by atoms with Crippen molar-refractivity contribution in [1.82, 2.24) is 4.90 Å². The maximum atomic E-state index is 9.82. The quantitative estimate of drug-likeness (QED) is 0.526. The summed E-state index contributed by atoms with van der Waals surface area (Å²) < 4.78 is 10.1. The van der Waals surface area contributed by atoms with Crippen molar-refractivity contribution in [3.8, 4) is 0 Å². The molecule has 0 heterocycles. The molecule has 102 valence electrons. The van der Waals surface area contributed by atoms with Gasteiger partial charge in [-0.25, -0.2) is 0 Å². The molecule has 0 aromatic heterocycles. The number of hydrogen-bond acceptors (Lipinski definition) is 5. The Bertz CT molecular complexity index is 187. The van der Waals surface area contributed by atoms with E-state index in [9.17, 15) is 5.11 Å². The standard InChI is InChI=1S/C12H25NO4/c1-16-7-8-17-10-12(15)9-13(5-6-14)11-3-2-4-11/h11-12,14-15H,2-10H2,1H3. The molecule has 5 heteroatoms. The lowest BCUT2D eigenvalue weighted by molar-refractivity contribution is -0.0159. The summed E-state index contributed by atoms with van der Waals surface area (Å²) in [6.07, 6.45) is 3.13. The molecule has 0 aromatic rings. The van der Waals surface area contributed by atoms with Crippen LogP contribution >= 0.6 is 0 Å². The van der Waals surface area contributed by atoms with Crippen LogP contribution in [0.25, 0.3) is 0 Å². The number of rotatable bonds is 10. The molecule has 0 spiro atoms. The second kappa shape index (κ2) is 8.83. The molecular formula is C12H25NO4. The summed E-state index contributed by atoms with van der Waals surface area (Å²) in [4.78, 5) is 2.16. The van der Waals surface area contributed by atoms with E-state index in [0.29, 0.717) is 39.0 Å². The zero-order chi connectivity index (χ0) is 12.5. The molecule has 5 nitrogen and oxygen atoms in total. The highest BCUT2D eigenvalue weighted by Crippen LogP contribution is 2.24. The van der Waals surface area contributed by atoms with E-state index >= 15 is 0 Å². The largest absolute Gasteiger partial charge is 0.395 e. The molecule has 0 radical (unpaired) electrons. The highest BCUT2D eigenvalue weighted by Gasteiger charge is 2.25. The Morgan fingerprint density at radius 3 is 2.65 bits per heavy atom. The van der Waals surface area contributed by atoms with Crippen LogP contribution in [0.2, 0.25) is 0 Å². The Hall–Kier alpha value is -0.200. The van der Waals surface area contributed by atoms with Gasteiger partial charge in [0.15, 0.2) is 0 Å². The third-order valence-corrected chi connectivity index (χ3v) is 3.17. The highest BCUT2D eigenvalue weighted by atomic mass is 16.5. The van der Waals surface area contributed by atoms with Gasteiger partial charge >= 0.3 is 0 Å². The molecule has 1 unspecified atom stereocenters. The van der Waals surface area contributed by atoms with Crippen molar-refractivity contribution in [3.63, 3.8) is 0 Å². The van der Waals surface area contributed by atoms with Crippen LogP contribution in [0.1, 0.15) is 19.3 Å². The topological polar surface area (TPSA) is 62.2 Å². The number of ether oxygens (including phenoxy) is 2. The molecule has 1 atom stereocenters. The summed E-state index contributed by atoms with van der Waals surface area (Å²) in [5.74, 6) is 0. The first kappa shape index (κ1) is 14.9. The van der Waals surface area contributed by atoms with Crippen molar-refractivity contribution in [2.75, 3.05) is 46.6 Å². The molecule has 0 bridgehead atoms. The predicted molar refractivity (Wildman–Crippen MR) is 65.0 cm³/mol. The molecule has 2 N–H and O–H groups in total. The van der Waals surface area contributed by atoms with E-state index in [4.69, 9.17) is 14.6 Å². The number of nitrogens with zero attached hydrogens (tertiary/aromatic N) is 1. The van der Waals surface area contributed by atoms with Gasteiger partial charge in [0.05, 0.1) is 32.5 Å². The summed E-state index contributed by atoms with van der Waals surface area (Å²) in [6, 6.07) is 0.538. The van der Waals surface area contributed by atoms with Crippen molar-refractivity contribution >= 4 is 0 Å². The van der Waals surface area contributed by atoms with Gasteiger partial charge in [-0.3, -0.25) is 4.90 Å². The van der Waals surface area contributed by atoms with Crippen LogP contribution in [0.3, 0.4) is 0 Å². The van der Waals surface area contributed by atoms with Gasteiger partial charge in [-0.15, -0.1) is 0 Å². The van der Waals surface area contributed by atoms with Gasteiger partial charge in [0.2, 0.25) is 0 Å². The van der Waals surface area contributed by atoms with Gasteiger partial charge in [-0.05, 0) is 12.8 Å². The van der Waals surface area contributed by atoms with E-state index in [-0.39, 0.29) is 6.61 Å². The molecule has 1 rings (SSSR count). The van der Waals surface area contributed by atoms with Gasteiger partial charge in [-0.2, -0.15) is 0 Å². The summed E-state index contributed by atoms with van der Waals surface area (Å²) in [5.41, 5.74) is 0. The highest BCUT2D eigenvalue weighted by molar-refractivity contribution is 4.81. The minimum absolute atomic E-state index is 0.147. The maximum Gasteiger partial charge on any atom is 0.0900 e. The summed E-state index contributed by atoms with van der Waals surface area (Å²) in [7, 11) is 1.62. The minimum Gasteiger partial charge on any atom is -0.395 e. The SMILES string of the molecule is COCCOCC(O)CN(CCO)C1CCC1. The van der Waals surface area contributed by atoms with Gasteiger partial charge in [0.1, 0.15) is 0 Å². The van der Waals surface area contributed by atoms with E-state index in [1.807, 2.05) is 0 Å². The fourth-order valence-corrected chi connectivity index (χ4v) is 1.99. The smallest absolute Gasteiger partial charge is 0.0900 e. The second-order valence-electron chi connectivity index (χ2n) is 4.52. The summed E-state index contributed by atoms with van der Waals surface area (Å²) >= 11 is 0. The Morgan fingerprint density at radius 1 is 1.35 bits per heavy atom. The van der Waals surface area contributed by atoms with E-state index in [2.05, 4.69) is 4.90 Å². The first-order valence-corrected chi connectivity index (χ1v) is 6.37. The third kappa shape index (κ3) is 5.79. The summed E-state index contributed by atoms with van der Waals surface area (Å²) in [6.45, 7) is 2.76. The van der Waals surface area contributed by atoms with Gasteiger partial charge in [-0.1, -0.05) is 6.42 Å². The number of aliphatic hydroxyl groups excluding tert-OH is 2. The number of aliphatic hydroxyl groups is 2.